The summed E-state index contributed by atoms with van der Waals surface area (Å²) in [7, 11) is 0. The van der Waals surface area contributed by atoms with Crippen LogP contribution in [0.3, 0.4) is 0 Å². The molecule has 0 aliphatic rings. The van der Waals surface area contributed by atoms with Crippen LogP contribution in [-0.4, -0.2) is 16.2 Å². The summed E-state index contributed by atoms with van der Waals surface area (Å²) in [5.74, 6) is -0.0771. The predicted molar refractivity (Wildman–Crippen MR) is 119 cm³/mol. The van der Waals surface area contributed by atoms with Gasteiger partial charge in [0.05, 0.1) is 0 Å². The summed E-state index contributed by atoms with van der Waals surface area (Å²) in [6.45, 7) is 10.4. The van der Waals surface area contributed by atoms with Gasteiger partial charge in [-0.25, -0.2) is 4.79 Å². The summed E-state index contributed by atoms with van der Waals surface area (Å²) in [6, 6.07) is 14.0. The number of thioether (sulfide) groups is 2. The highest BCUT2D eigenvalue weighted by atomic mass is 32.2. The third-order valence-electron chi connectivity index (χ3n) is 3.56. The number of carbonyl (C=O) groups is 3. The van der Waals surface area contributed by atoms with E-state index in [4.69, 9.17) is 4.74 Å². The van der Waals surface area contributed by atoms with Gasteiger partial charge in [0.25, 0.3) is 0 Å². The molecule has 0 spiro atoms. The molecule has 0 amide bonds. The first-order valence-corrected chi connectivity index (χ1v) is 10.2. The first-order valence-electron chi connectivity index (χ1n) is 8.61. The molecule has 0 saturated heterocycles. The van der Waals surface area contributed by atoms with E-state index in [0.717, 1.165) is 38.9 Å². The third kappa shape index (κ3) is 7.25. The minimum absolute atomic E-state index is 0.0775. The van der Waals surface area contributed by atoms with Crippen LogP contribution in [0.15, 0.2) is 88.7 Å². The Labute approximate surface area is 178 Å². The number of esters is 1. The van der Waals surface area contributed by atoms with Crippen LogP contribution in [0, 0.1) is 0 Å². The zero-order valence-corrected chi connectivity index (χ0v) is 17.8. The molecule has 0 heterocycles. The van der Waals surface area contributed by atoms with E-state index in [1.807, 2.05) is 24.3 Å². The first kappa shape index (κ1) is 22.5. The molecule has 29 heavy (non-hydrogen) atoms. The molecule has 0 aliphatic heterocycles. The summed E-state index contributed by atoms with van der Waals surface area (Å²) < 4.78 is 5.36. The summed E-state index contributed by atoms with van der Waals surface area (Å²) >= 11 is 2.16. The molecule has 2 aromatic carbocycles. The fourth-order valence-electron chi connectivity index (χ4n) is 2.06. The molecule has 0 saturated carbocycles. The highest BCUT2D eigenvalue weighted by Gasteiger charge is 2.09. The molecular formula is C23H20O4S2. The van der Waals surface area contributed by atoms with E-state index in [1.54, 1.807) is 44.2 Å². The molecule has 0 aliphatic carbocycles. The molecule has 0 aromatic heterocycles. The normalized spacial score (nSPS) is 10.9. The number of rotatable bonds is 7. The summed E-state index contributed by atoms with van der Waals surface area (Å²) in [5, 5.41) is -0.228. The van der Waals surface area contributed by atoms with Crippen LogP contribution in [0.2, 0.25) is 0 Å². The Kier molecular flexibility index (Phi) is 8.24. The average molecular weight is 425 g/mol. The van der Waals surface area contributed by atoms with Gasteiger partial charge in [0.1, 0.15) is 5.75 Å². The van der Waals surface area contributed by atoms with E-state index < -0.39 is 5.97 Å². The highest BCUT2D eigenvalue weighted by Crippen LogP contribution is 2.24. The zero-order chi connectivity index (χ0) is 21.4. The van der Waals surface area contributed by atoms with Crippen LogP contribution in [0.25, 0.3) is 6.08 Å². The lowest BCUT2D eigenvalue weighted by Gasteiger charge is -2.06. The lowest BCUT2D eigenvalue weighted by Crippen LogP contribution is -2.09. The van der Waals surface area contributed by atoms with E-state index in [1.165, 1.54) is 6.08 Å². The maximum atomic E-state index is 12.3. The fraction of sp³-hybridized carbons (Fsp3) is 0.0870. The molecular weight excluding hydrogens is 404 g/mol. The standard InChI is InChI=1S/C23H20O4S2/c1-5-21(24)28-19-12-8-18(9-13-19)27-22(25)16(4)14-17-6-10-20(11-7-17)29-23(26)15(2)3/h5-14H,1-2H2,3-4H3. The van der Waals surface area contributed by atoms with Gasteiger partial charge in [-0.05, 0) is 97.1 Å². The van der Waals surface area contributed by atoms with E-state index in [-0.39, 0.29) is 10.2 Å². The van der Waals surface area contributed by atoms with Crippen LogP contribution >= 0.6 is 23.5 Å². The Bertz CT molecular complexity index is 971. The Balaban J connectivity index is 1.99. The number of benzene rings is 2. The van der Waals surface area contributed by atoms with Crippen LogP contribution in [0.5, 0.6) is 5.75 Å². The van der Waals surface area contributed by atoms with E-state index >= 15 is 0 Å². The predicted octanol–water partition coefficient (Wildman–Crippen LogP) is 5.70. The van der Waals surface area contributed by atoms with Crippen molar-refractivity contribution in [2.24, 2.45) is 0 Å². The van der Waals surface area contributed by atoms with Crippen LogP contribution in [0.4, 0.5) is 0 Å². The molecule has 0 N–H and O–H groups in total. The Morgan fingerprint density at radius 2 is 1.45 bits per heavy atom. The second-order valence-corrected chi connectivity index (χ2v) is 8.18. The molecule has 0 radical (unpaired) electrons. The Morgan fingerprint density at radius 3 is 2.00 bits per heavy atom. The minimum atomic E-state index is -0.469. The third-order valence-corrected chi connectivity index (χ3v) is 5.48. The molecule has 0 fully saturated rings. The number of hydrogen-bond acceptors (Lipinski definition) is 6. The van der Waals surface area contributed by atoms with Gasteiger partial charge in [-0.2, -0.15) is 0 Å². The Hall–Kier alpha value is -2.83. The lowest BCUT2D eigenvalue weighted by molar-refractivity contribution is -0.130. The van der Waals surface area contributed by atoms with Gasteiger partial charge in [-0.15, -0.1) is 0 Å². The summed E-state index contributed by atoms with van der Waals surface area (Å²) in [5.41, 5.74) is 1.75. The van der Waals surface area contributed by atoms with Crippen molar-refractivity contribution in [3.63, 3.8) is 0 Å². The summed E-state index contributed by atoms with van der Waals surface area (Å²) in [6.07, 6.45) is 2.96. The van der Waals surface area contributed by atoms with Gasteiger partial charge < -0.3 is 4.74 Å². The lowest BCUT2D eigenvalue weighted by atomic mass is 10.1. The molecule has 0 unspecified atom stereocenters. The molecule has 2 aromatic rings. The molecule has 0 atom stereocenters. The quantitative estimate of drug-likeness (QED) is 0.246. The molecule has 148 valence electrons. The van der Waals surface area contributed by atoms with Crippen molar-refractivity contribution in [2.45, 2.75) is 23.6 Å². The van der Waals surface area contributed by atoms with Crippen LogP contribution in [0.1, 0.15) is 19.4 Å². The number of hydrogen-bond donors (Lipinski definition) is 0. The summed E-state index contributed by atoms with van der Waals surface area (Å²) in [4.78, 5) is 36.9. The van der Waals surface area contributed by atoms with Crippen molar-refractivity contribution in [1.29, 1.82) is 0 Å². The Morgan fingerprint density at radius 1 is 0.897 bits per heavy atom. The highest BCUT2D eigenvalue weighted by molar-refractivity contribution is 8.14. The van der Waals surface area contributed by atoms with Crippen LogP contribution < -0.4 is 4.74 Å². The maximum absolute atomic E-state index is 12.3. The van der Waals surface area contributed by atoms with E-state index in [2.05, 4.69) is 13.2 Å². The second-order valence-electron chi connectivity index (χ2n) is 6.05. The molecule has 2 rings (SSSR count). The first-order chi connectivity index (χ1) is 13.8. The zero-order valence-electron chi connectivity index (χ0n) is 16.1. The van der Waals surface area contributed by atoms with E-state index in [9.17, 15) is 14.4 Å². The smallest absolute Gasteiger partial charge is 0.339 e. The van der Waals surface area contributed by atoms with Crippen molar-refractivity contribution in [2.75, 3.05) is 0 Å². The number of carbonyl (C=O) groups excluding carboxylic acids is 3. The van der Waals surface area contributed by atoms with Crippen molar-refractivity contribution in [3.05, 3.63) is 84.5 Å². The van der Waals surface area contributed by atoms with Gasteiger partial charge in [-0.3, -0.25) is 9.59 Å². The van der Waals surface area contributed by atoms with Gasteiger partial charge in [0.2, 0.25) is 10.2 Å². The minimum Gasteiger partial charge on any atom is -0.423 e. The van der Waals surface area contributed by atoms with Crippen LogP contribution in [-0.2, 0) is 14.4 Å². The van der Waals surface area contributed by atoms with Gasteiger partial charge in [0, 0.05) is 15.4 Å². The molecule has 6 heteroatoms. The van der Waals surface area contributed by atoms with Gasteiger partial charge >= 0.3 is 5.97 Å². The molecule has 0 bridgehead atoms. The monoisotopic (exact) mass is 424 g/mol. The average Bonchev–Trinajstić information content (AvgIpc) is 2.70. The van der Waals surface area contributed by atoms with Gasteiger partial charge in [0.15, 0.2) is 0 Å². The molecule has 4 nitrogen and oxygen atoms in total. The number of ether oxygens (including phenoxy) is 1. The SMILES string of the molecule is C=CC(=O)Sc1ccc(OC(=O)C(C)=Cc2ccc(SC(=O)C(=C)C)cc2)cc1. The largest absolute Gasteiger partial charge is 0.423 e. The fourth-order valence-corrected chi connectivity index (χ4v) is 3.30. The van der Waals surface area contributed by atoms with Crippen molar-refractivity contribution >= 4 is 45.8 Å². The van der Waals surface area contributed by atoms with Crippen molar-refractivity contribution < 1.29 is 19.1 Å². The second kappa shape index (κ2) is 10.6. The van der Waals surface area contributed by atoms with Crippen molar-refractivity contribution in [3.8, 4) is 5.75 Å². The van der Waals surface area contributed by atoms with Gasteiger partial charge in [-0.1, -0.05) is 25.3 Å². The topological polar surface area (TPSA) is 60.4 Å². The van der Waals surface area contributed by atoms with Crippen molar-refractivity contribution in [1.82, 2.24) is 0 Å². The van der Waals surface area contributed by atoms with E-state index in [0.29, 0.717) is 16.9 Å². The maximum Gasteiger partial charge on any atom is 0.339 e.